The van der Waals surface area contributed by atoms with E-state index in [0.717, 1.165) is 12.8 Å². The standard InChI is InChI=1S/C10H14Br4O/c1-8(2)6(15)10(14)4-3-9(8,5(10)11)7(12)13/h5-7,15H,3-4H2,1-2H3/t5-,6?,9?,10?/m1/s1. The topological polar surface area (TPSA) is 20.2 Å². The van der Waals surface area contributed by atoms with E-state index in [2.05, 4.69) is 77.6 Å². The first kappa shape index (κ1) is 13.3. The number of fused-ring (bicyclic) bond motifs is 2. The van der Waals surface area contributed by atoms with E-state index < -0.39 is 0 Å². The van der Waals surface area contributed by atoms with E-state index in [-0.39, 0.29) is 29.8 Å². The first-order valence-corrected chi connectivity index (χ1v) is 8.54. The van der Waals surface area contributed by atoms with Gasteiger partial charge in [0.15, 0.2) is 0 Å². The van der Waals surface area contributed by atoms with Crippen molar-refractivity contribution in [2.75, 3.05) is 0 Å². The van der Waals surface area contributed by atoms with E-state index in [1.807, 2.05) is 0 Å². The maximum absolute atomic E-state index is 10.5. The number of aliphatic hydroxyl groups is 1. The van der Waals surface area contributed by atoms with Gasteiger partial charge in [0, 0.05) is 15.7 Å². The van der Waals surface area contributed by atoms with Crippen LogP contribution >= 0.6 is 63.7 Å². The maximum Gasteiger partial charge on any atom is 0.0771 e. The Hall–Kier alpha value is 1.88. The van der Waals surface area contributed by atoms with Crippen LogP contribution < -0.4 is 0 Å². The lowest BCUT2D eigenvalue weighted by molar-refractivity contribution is -0.0213. The largest absolute Gasteiger partial charge is 0.391 e. The Labute approximate surface area is 124 Å². The molecular weight excluding hydrogens is 456 g/mol. The zero-order valence-electron chi connectivity index (χ0n) is 8.61. The van der Waals surface area contributed by atoms with Crippen molar-refractivity contribution in [1.82, 2.24) is 0 Å². The molecule has 5 heteroatoms. The fourth-order valence-corrected chi connectivity index (χ4v) is 8.98. The molecule has 2 rings (SSSR count). The summed E-state index contributed by atoms with van der Waals surface area (Å²) in [5, 5.41) is 10.5. The monoisotopic (exact) mass is 466 g/mol. The summed E-state index contributed by atoms with van der Waals surface area (Å²) in [6.07, 6.45) is 1.81. The summed E-state index contributed by atoms with van der Waals surface area (Å²) in [6.45, 7) is 4.31. The van der Waals surface area contributed by atoms with Gasteiger partial charge in [0.25, 0.3) is 0 Å². The van der Waals surface area contributed by atoms with Crippen molar-refractivity contribution in [3.05, 3.63) is 0 Å². The van der Waals surface area contributed by atoms with Crippen LogP contribution in [0.15, 0.2) is 0 Å². The Kier molecular flexibility index (Phi) is 3.27. The third kappa shape index (κ3) is 1.33. The lowest BCUT2D eigenvalue weighted by atomic mass is 9.65. The van der Waals surface area contributed by atoms with Gasteiger partial charge in [-0.25, -0.2) is 0 Å². The highest BCUT2D eigenvalue weighted by Crippen LogP contribution is 2.73. The molecule has 0 saturated heterocycles. The van der Waals surface area contributed by atoms with Crippen molar-refractivity contribution in [2.24, 2.45) is 10.8 Å². The molecule has 2 aliphatic carbocycles. The first-order chi connectivity index (χ1) is 6.71. The summed E-state index contributed by atoms with van der Waals surface area (Å²) in [4.78, 5) is 0.284. The molecule has 0 aromatic carbocycles. The molecule has 15 heavy (non-hydrogen) atoms. The van der Waals surface area contributed by atoms with Crippen molar-refractivity contribution in [2.45, 2.75) is 45.7 Å². The normalized spacial score (nSPS) is 52.8. The average Bonchev–Trinajstić information content (AvgIpc) is 2.45. The quantitative estimate of drug-likeness (QED) is 0.571. The summed E-state index contributed by atoms with van der Waals surface area (Å²) in [5.74, 6) is 0. The van der Waals surface area contributed by atoms with Crippen LogP contribution in [0.25, 0.3) is 0 Å². The molecule has 0 aliphatic heterocycles. The molecule has 1 N–H and O–H groups in total. The van der Waals surface area contributed by atoms with Crippen LogP contribution in [-0.4, -0.2) is 24.1 Å². The molecule has 2 fully saturated rings. The summed E-state index contributed by atoms with van der Waals surface area (Å²) in [7, 11) is 0. The van der Waals surface area contributed by atoms with Crippen LogP contribution in [0.5, 0.6) is 0 Å². The minimum absolute atomic E-state index is 0.0515. The summed E-state index contributed by atoms with van der Waals surface area (Å²) in [6, 6.07) is 0. The Morgan fingerprint density at radius 1 is 1.27 bits per heavy atom. The van der Waals surface area contributed by atoms with Gasteiger partial charge < -0.3 is 5.11 Å². The van der Waals surface area contributed by atoms with Crippen molar-refractivity contribution in [1.29, 1.82) is 0 Å². The molecule has 2 bridgehead atoms. The highest BCUT2D eigenvalue weighted by Gasteiger charge is 2.75. The van der Waals surface area contributed by atoms with Gasteiger partial charge in [0.2, 0.25) is 0 Å². The van der Waals surface area contributed by atoms with Gasteiger partial charge >= 0.3 is 0 Å². The summed E-state index contributed by atoms with van der Waals surface area (Å²) < 4.78 is 0.0458. The van der Waals surface area contributed by atoms with E-state index in [1.54, 1.807) is 0 Å². The fourth-order valence-electron chi connectivity index (χ4n) is 3.36. The minimum Gasteiger partial charge on any atom is -0.391 e. The average molecular weight is 470 g/mol. The molecule has 88 valence electrons. The van der Waals surface area contributed by atoms with Gasteiger partial charge in [-0.05, 0) is 12.8 Å². The Bertz CT molecular complexity index is 293. The van der Waals surface area contributed by atoms with Crippen LogP contribution in [0, 0.1) is 10.8 Å². The molecule has 0 radical (unpaired) electrons. The number of hydrogen-bond donors (Lipinski definition) is 1. The highest BCUT2D eigenvalue weighted by atomic mass is 79.9. The Morgan fingerprint density at radius 3 is 2.07 bits per heavy atom. The lowest BCUT2D eigenvalue weighted by Gasteiger charge is -2.46. The van der Waals surface area contributed by atoms with Crippen LogP contribution in [-0.2, 0) is 0 Å². The molecule has 0 amide bonds. The summed E-state index contributed by atoms with van der Waals surface area (Å²) in [5.41, 5.74) is -0.0590. The molecule has 0 heterocycles. The van der Waals surface area contributed by atoms with Crippen molar-refractivity contribution < 1.29 is 5.11 Å². The molecule has 2 aliphatic rings. The third-order valence-electron chi connectivity index (χ3n) is 4.52. The molecule has 0 spiro atoms. The highest BCUT2D eigenvalue weighted by molar-refractivity contribution is 9.24. The first-order valence-electron chi connectivity index (χ1n) is 5.00. The van der Waals surface area contributed by atoms with Crippen LogP contribution in [0.4, 0.5) is 0 Å². The van der Waals surface area contributed by atoms with Gasteiger partial charge in [-0.15, -0.1) is 0 Å². The molecule has 1 nitrogen and oxygen atoms in total. The maximum atomic E-state index is 10.5. The van der Waals surface area contributed by atoms with Gasteiger partial charge in [0.05, 0.1) is 14.2 Å². The van der Waals surface area contributed by atoms with E-state index in [9.17, 15) is 5.11 Å². The second-order valence-corrected chi connectivity index (χ2v) is 10.7. The number of aliphatic hydroxyl groups excluding tert-OH is 1. The number of hydrogen-bond acceptors (Lipinski definition) is 1. The molecular formula is C10H14Br4O. The predicted molar refractivity (Wildman–Crippen MR) is 77.5 cm³/mol. The van der Waals surface area contributed by atoms with E-state index in [4.69, 9.17) is 0 Å². The summed E-state index contributed by atoms with van der Waals surface area (Å²) >= 11 is 14.9. The van der Waals surface area contributed by atoms with Gasteiger partial charge in [-0.1, -0.05) is 77.6 Å². The zero-order valence-corrected chi connectivity index (χ0v) is 14.9. The second-order valence-electron chi connectivity index (χ2n) is 5.25. The van der Waals surface area contributed by atoms with Crippen LogP contribution in [0.1, 0.15) is 26.7 Å². The SMILES string of the molecule is CC1(C)C(O)C2(Br)CCC1(C(Br)Br)[C@H]2Br. The van der Waals surface area contributed by atoms with Crippen molar-refractivity contribution in [3.63, 3.8) is 0 Å². The second kappa shape index (κ2) is 3.69. The van der Waals surface area contributed by atoms with E-state index in [0.29, 0.717) is 0 Å². The van der Waals surface area contributed by atoms with E-state index in [1.165, 1.54) is 0 Å². The van der Waals surface area contributed by atoms with Crippen molar-refractivity contribution in [3.8, 4) is 0 Å². The Balaban J connectivity index is 2.56. The lowest BCUT2D eigenvalue weighted by Crippen LogP contribution is -2.48. The molecule has 0 aromatic rings. The predicted octanol–water partition coefficient (Wildman–Crippen LogP) is 4.18. The number of halogens is 4. The number of alkyl halides is 4. The molecule has 2 saturated carbocycles. The van der Waals surface area contributed by atoms with Gasteiger partial charge in [-0.3, -0.25) is 0 Å². The van der Waals surface area contributed by atoms with Crippen molar-refractivity contribution >= 4 is 63.7 Å². The smallest absolute Gasteiger partial charge is 0.0771 e. The Morgan fingerprint density at radius 2 is 1.80 bits per heavy atom. The van der Waals surface area contributed by atoms with Crippen LogP contribution in [0.3, 0.4) is 0 Å². The van der Waals surface area contributed by atoms with Gasteiger partial charge in [-0.2, -0.15) is 0 Å². The third-order valence-corrected chi connectivity index (χ3v) is 9.69. The van der Waals surface area contributed by atoms with Crippen LogP contribution in [0.2, 0.25) is 0 Å². The minimum atomic E-state index is -0.319. The molecule has 4 atom stereocenters. The molecule has 0 aromatic heterocycles. The van der Waals surface area contributed by atoms with E-state index >= 15 is 0 Å². The fraction of sp³-hybridized carbons (Fsp3) is 1.00. The molecule has 3 unspecified atom stereocenters. The van der Waals surface area contributed by atoms with Gasteiger partial charge in [0.1, 0.15) is 0 Å². The zero-order chi connectivity index (χ0) is 11.6. The number of rotatable bonds is 1.